The van der Waals surface area contributed by atoms with E-state index in [9.17, 15) is 0 Å². The van der Waals surface area contributed by atoms with Crippen molar-refractivity contribution in [3.05, 3.63) is 24.2 Å². The van der Waals surface area contributed by atoms with Gasteiger partial charge >= 0.3 is 0 Å². The summed E-state index contributed by atoms with van der Waals surface area (Å²) >= 11 is 0. The molecule has 1 heterocycles. The smallest absolute Gasteiger partial charge is 0.105 e. The van der Waals surface area contributed by atoms with Crippen LogP contribution in [0.1, 0.15) is 31.9 Å². The predicted octanol–water partition coefficient (Wildman–Crippen LogP) is 2.62. The van der Waals surface area contributed by atoms with Crippen LogP contribution in [0, 0.1) is 0 Å². The molecule has 3 nitrogen and oxygen atoms in total. The Hall–Kier alpha value is -0.800. The average Bonchev–Trinajstić information content (AvgIpc) is 2.79. The molecule has 0 radical (unpaired) electrons. The lowest BCUT2D eigenvalue weighted by atomic mass is 10.1. The summed E-state index contributed by atoms with van der Waals surface area (Å²) in [5, 5.41) is 3.51. The van der Waals surface area contributed by atoms with E-state index in [0.29, 0.717) is 6.04 Å². The van der Waals surface area contributed by atoms with E-state index in [-0.39, 0.29) is 0 Å². The zero-order chi connectivity index (χ0) is 11.6. The minimum absolute atomic E-state index is 0.472. The van der Waals surface area contributed by atoms with Crippen molar-refractivity contribution in [2.24, 2.45) is 0 Å². The van der Waals surface area contributed by atoms with Gasteiger partial charge in [-0.15, -0.1) is 0 Å². The maximum atomic E-state index is 5.29. The largest absolute Gasteiger partial charge is 0.469 e. The zero-order valence-electron chi connectivity index (χ0n) is 10.4. The molecule has 1 atom stereocenters. The standard InChI is InChI=1S/C13H23NO2/c1-3-4-6-12(11-15-2)14-9-8-13-7-5-10-16-13/h5,7,10,12,14H,3-4,6,8-9,11H2,1-2H3. The van der Waals surface area contributed by atoms with Gasteiger partial charge in [0.1, 0.15) is 5.76 Å². The summed E-state index contributed by atoms with van der Waals surface area (Å²) in [5.41, 5.74) is 0. The van der Waals surface area contributed by atoms with Gasteiger partial charge in [-0.3, -0.25) is 0 Å². The van der Waals surface area contributed by atoms with Gasteiger partial charge in [-0.1, -0.05) is 19.8 Å². The second-order valence-corrected chi connectivity index (χ2v) is 4.08. The molecular weight excluding hydrogens is 202 g/mol. The monoisotopic (exact) mass is 225 g/mol. The number of hydrogen-bond donors (Lipinski definition) is 1. The molecule has 0 saturated carbocycles. The number of furan rings is 1. The van der Waals surface area contributed by atoms with Gasteiger partial charge in [0.2, 0.25) is 0 Å². The van der Waals surface area contributed by atoms with E-state index in [1.165, 1.54) is 19.3 Å². The highest BCUT2D eigenvalue weighted by Crippen LogP contribution is 2.03. The van der Waals surface area contributed by atoms with Crippen molar-refractivity contribution in [3.8, 4) is 0 Å². The minimum Gasteiger partial charge on any atom is -0.469 e. The molecule has 0 fully saturated rings. The lowest BCUT2D eigenvalue weighted by molar-refractivity contribution is 0.161. The second-order valence-electron chi connectivity index (χ2n) is 4.08. The van der Waals surface area contributed by atoms with Gasteiger partial charge in [0, 0.05) is 26.1 Å². The molecule has 0 spiro atoms. The third-order valence-electron chi connectivity index (χ3n) is 2.66. The summed E-state index contributed by atoms with van der Waals surface area (Å²) in [5.74, 6) is 1.04. The van der Waals surface area contributed by atoms with E-state index >= 15 is 0 Å². The molecule has 0 aromatic carbocycles. The maximum Gasteiger partial charge on any atom is 0.105 e. The fourth-order valence-corrected chi connectivity index (χ4v) is 1.75. The van der Waals surface area contributed by atoms with Crippen molar-refractivity contribution in [1.82, 2.24) is 5.32 Å². The fraction of sp³-hybridized carbons (Fsp3) is 0.692. The Labute approximate surface area is 98.2 Å². The van der Waals surface area contributed by atoms with Crippen LogP contribution in [0.3, 0.4) is 0 Å². The van der Waals surface area contributed by atoms with Crippen molar-refractivity contribution < 1.29 is 9.15 Å². The molecule has 1 N–H and O–H groups in total. The SMILES string of the molecule is CCCCC(COC)NCCc1ccco1. The number of rotatable bonds is 9. The van der Waals surface area contributed by atoms with Gasteiger partial charge in [-0.25, -0.2) is 0 Å². The Balaban J connectivity index is 2.15. The van der Waals surface area contributed by atoms with Gasteiger partial charge in [0.25, 0.3) is 0 Å². The Kier molecular flexibility index (Phi) is 6.93. The summed E-state index contributed by atoms with van der Waals surface area (Å²) in [4.78, 5) is 0. The Morgan fingerprint density at radius 2 is 2.38 bits per heavy atom. The van der Waals surface area contributed by atoms with E-state index in [1.807, 2.05) is 12.1 Å². The van der Waals surface area contributed by atoms with Crippen LogP contribution in [-0.4, -0.2) is 26.3 Å². The molecule has 3 heteroatoms. The van der Waals surface area contributed by atoms with Gasteiger partial charge in [0.05, 0.1) is 12.9 Å². The molecule has 16 heavy (non-hydrogen) atoms. The lowest BCUT2D eigenvalue weighted by Crippen LogP contribution is -2.34. The molecule has 0 saturated heterocycles. The number of nitrogens with one attached hydrogen (secondary N) is 1. The molecule has 0 bridgehead atoms. The van der Waals surface area contributed by atoms with Gasteiger partial charge < -0.3 is 14.5 Å². The van der Waals surface area contributed by atoms with E-state index in [4.69, 9.17) is 9.15 Å². The van der Waals surface area contributed by atoms with Crippen LogP contribution in [0.15, 0.2) is 22.8 Å². The molecular formula is C13H23NO2. The first-order chi connectivity index (χ1) is 7.86. The molecule has 92 valence electrons. The first kappa shape index (κ1) is 13.3. The van der Waals surface area contributed by atoms with Gasteiger partial charge in [-0.2, -0.15) is 0 Å². The molecule has 1 aromatic rings. The maximum absolute atomic E-state index is 5.29. The number of unbranched alkanes of at least 4 members (excludes halogenated alkanes) is 1. The molecule has 0 aliphatic heterocycles. The third kappa shape index (κ3) is 5.33. The highest BCUT2D eigenvalue weighted by molar-refractivity contribution is 4.98. The highest BCUT2D eigenvalue weighted by atomic mass is 16.5. The third-order valence-corrected chi connectivity index (χ3v) is 2.66. The van der Waals surface area contributed by atoms with E-state index in [1.54, 1.807) is 13.4 Å². The first-order valence-corrected chi connectivity index (χ1v) is 6.11. The fourth-order valence-electron chi connectivity index (χ4n) is 1.75. The van der Waals surface area contributed by atoms with Crippen molar-refractivity contribution in [2.75, 3.05) is 20.3 Å². The van der Waals surface area contributed by atoms with Gasteiger partial charge in [-0.05, 0) is 18.6 Å². The summed E-state index contributed by atoms with van der Waals surface area (Å²) in [6.07, 6.45) is 6.34. The summed E-state index contributed by atoms with van der Waals surface area (Å²) in [6.45, 7) is 3.95. The first-order valence-electron chi connectivity index (χ1n) is 6.11. The zero-order valence-corrected chi connectivity index (χ0v) is 10.4. The number of ether oxygens (including phenoxy) is 1. The predicted molar refractivity (Wildman–Crippen MR) is 65.6 cm³/mol. The van der Waals surface area contributed by atoms with E-state index in [2.05, 4.69) is 12.2 Å². The minimum atomic E-state index is 0.472. The van der Waals surface area contributed by atoms with Crippen molar-refractivity contribution >= 4 is 0 Å². The Bertz CT molecular complexity index is 246. The van der Waals surface area contributed by atoms with Crippen LogP contribution in [0.5, 0.6) is 0 Å². The summed E-state index contributed by atoms with van der Waals surface area (Å²) < 4.78 is 10.5. The quantitative estimate of drug-likeness (QED) is 0.701. The molecule has 0 aliphatic rings. The molecule has 1 aromatic heterocycles. The molecule has 1 unspecified atom stereocenters. The Morgan fingerprint density at radius 1 is 1.50 bits per heavy atom. The van der Waals surface area contributed by atoms with Crippen LogP contribution < -0.4 is 5.32 Å². The van der Waals surface area contributed by atoms with Crippen LogP contribution in [0.4, 0.5) is 0 Å². The topological polar surface area (TPSA) is 34.4 Å². The lowest BCUT2D eigenvalue weighted by Gasteiger charge is -2.17. The molecule has 0 amide bonds. The average molecular weight is 225 g/mol. The van der Waals surface area contributed by atoms with E-state index in [0.717, 1.165) is 25.3 Å². The molecule has 1 rings (SSSR count). The van der Waals surface area contributed by atoms with Crippen molar-refractivity contribution in [1.29, 1.82) is 0 Å². The molecule has 0 aliphatic carbocycles. The highest BCUT2D eigenvalue weighted by Gasteiger charge is 2.06. The van der Waals surface area contributed by atoms with Crippen LogP contribution in [0.25, 0.3) is 0 Å². The van der Waals surface area contributed by atoms with E-state index < -0.39 is 0 Å². The van der Waals surface area contributed by atoms with Crippen LogP contribution >= 0.6 is 0 Å². The number of hydrogen-bond acceptors (Lipinski definition) is 3. The van der Waals surface area contributed by atoms with Crippen LogP contribution in [0.2, 0.25) is 0 Å². The normalized spacial score (nSPS) is 12.9. The Morgan fingerprint density at radius 3 is 3.00 bits per heavy atom. The second kappa shape index (κ2) is 8.36. The van der Waals surface area contributed by atoms with Crippen molar-refractivity contribution in [3.63, 3.8) is 0 Å². The summed E-state index contributed by atoms with van der Waals surface area (Å²) in [6, 6.07) is 4.41. The summed E-state index contributed by atoms with van der Waals surface area (Å²) in [7, 11) is 1.76. The van der Waals surface area contributed by atoms with Gasteiger partial charge in [0.15, 0.2) is 0 Å². The van der Waals surface area contributed by atoms with Crippen LogP contribution in [-0.2, 0) is 11.2 Å². The van der Waals surface area contributed by atoms with Crippen molar-refractivity contribution in [2.45, 2.75) is 38.6 Å². The number of methoxy groups -OCH3 is 1.